The molecule has 1 unspecified atom stereocenters. The number of nitrogens with one attached hydrogen (secondary N) is 1. The molecule has 0 aromatic carbocycles. The molecule has 1 saturated heterocycles. The van der Waals surface area contributed by atoms with Gasteiger partial charge in [0.15, 0.2) is 5.82 Å². The van der Waals surface area contributed by atoms with E-state index in [-0.39, 0.29) is 0 Å². The second-order valence-electron chi connectivity index (χ2n) is 4.59. The van der Waals surface area contributed by atoms with Crippen molar-refractivity contribution in [3.63, 3.8) is 0 Å². The van der Waals surface area contributed by atoms with Gasteiger partial charge >= 0.3 is 0 Å². The number of nitrogen functional groups attached to an aromatic ring is 1. The minimum absolute atomic E-state index is 0.572. The third-order valence-electron chi connectivity index (χ3n) is 3.53. The molecule has 5 heteroatoms. The Balaban J connectivity index is 2.04. The first-order valence-corrected chi connectivity index (χ1v) is 6.14. The molecule has 5 nitrogen and oxygen atoms in total. The van der Waals surface area contributed by atoms with Gasteiger partial charge in [0.05, 0.1) is 0 Å². The predicted molar refractivity (Wildman–Crippen MR) is 66.9 cm³/mol. The second kappa shape index (κ2) is 4.33. The molecule has 2 aromatic rings. The molecule has 0 bridgehead atoms. The average molecular weight is 231 g/mol. The smallest absolute Gasteiger partial charge is 0.151 e. The van der Waals surface area contributed by atoms with Gasteiger partial charge in [-0.2, -0.15) is 5.10 Å². The highest BCUT2D eigenvalue weighted by atomic mass is 15.2. The number of nitrogens with zero attached hydrogens (tertiary/aromatic N) is 3. The SMILES string of the molecule is Nc1ncnn2ccc(C3CCCNCC3)c12. The summed E-state index contributed by atoms with van der Waals surface area (Å²) in [7, 11) is 0. The molecule has 17 heavy (non-hydrogen) atoms. The van der Waals surface area contributed by atoms with Crippen LogP contribution in [0.1, 0.15) is 30.7 Å². The fourth-order valence-corrected chi connectivity index (χ4v) is 2.66. The van der Waals surface area contributed by atoms with Gasteiger partial charge in [-0.1, -0.05) is 0 Å². The summed E-state index contributed by atoms with van der Waals surface area (Å²) in [6.45, 7) is 2.20. The Bertz CT molecular complexity index is 511. The normalized spacial score (nSPS) is 21.5. The zero-order valence-corrected chi connectivity index (χ0v) is 9.76. The van der Waals surface area contributed by atoms with Gasteiger partial charge in [-0.15, -0.1) is 0 Å². The van der Waals surface area contributed by atoms with Crippen LogP contribution in [0.4, 0.5) is 5.82 Å². The quantitative estimate of drug-likeness (QED) is 0.773. The molecule has 0 radical (unpaired) electrons. The van der Waals surface area contributed by atoms with Crippen LogP contribution in [-0.4, -0.2) is 27.7 Å². The third-order valence-corrected chi connectivity index (χ3v) is 3.53. The van der Waals surface area contributed by atoms with Crippen LogP contribution in [0.25, 0.3) is 5.52 Å². The predicted octanol–water partition coefficient (Wildman–Crippen LogP) is 1.17. The van der Waals surface area contributed by atoms with Crippen LogP contribution in [-0.2, 0) is 0 Å². The van der Waals surface area contributed by atoms with E-state index < -0.39 is 0 Å². The molecule has 3 rings (SSSR count). The Morgan fingerprint density at radius 1 is 1.35 bits per heavy atom. The monoisotopic (exact) mass is 231 g/mol. The maximum absolute atomic E-state index is 5.96. The van der Waals surface area contributed by atoms with Crippen molar-refractivity contribution in [1.82, 2.24) is 19.9 Å². The van der Waals surface area contributed by atoms with Crippen LogP contribution in [0, 0.1) is 0 Å². The van der Waals surface area contributed by atoms with Crippen LogP contribution in [0.2, 0.25) is 0 Å². The molecule has 3 N–H and O–H groups in total. The lowest BCUT2D eigenvalue weighted by molar-refractivity contribution is 0.613. The van der Waals surface area contributed by atoms with Gasteiger partial charge in [-0.05, 0) is 49.9 Å². The summed E-state index contributed by atoms with van der Waals surface area (Å²) in [6.07, 6.45) is 7.06. The molecular formula is C12H17N5. The van der Waals surface area contributed by atoms with Crippen LogP contribution in [0.5, 0.6) is 0 Å². The van der Waals surface area contributed by atoms with Crippen LogP contribution < -0.4 is 11.1 Å². The number of fused-ring (bicyclic) bond motifs is 1. The summed E-state index contributed by atoms with van der Waals surface area (Å²) in [4.78, 5) is 4.09. The van der Waals surface area contributed by atoms with E-state index >= 15 is 0 Å². The molecule has 1 atom stereocenters. The molecule has 0 amide bonds. The van der Waals surface area contributed by atoms with Gasteiger partial charge in [0.25, 0.3) is 0 Å². The number of hydrogen-bond donors (Lipinski definition) is 2. The van der Waals surface area contributed by atoms with Crippen molar-refractivity contribution in [2.24, 2.45) is 0 Å². The molecule has 1 fully saturated rings. The number of hydrogen-bond acceptors (Lipinski definition) is 4. The van der Waals surface area contributed by atoms with Crippen molar-refractivity contribution < 1.29 is 0 Å². The van der Waals surface area contributed by atoms with Crippen molar-refractivity contribution in [3.05, 3.63) is 24.2 Å². The lowest BCUT2D eigenvalue weighted by Crippen LogP contribution is -2.13. The first-order valence-electron chi connectivity index (χ1n) is 6.14. The molecule has 0 saturated carbocycles. The van der Waals surface area contributed by atoms with E-state index in [0.29, 0.717) is 11.7 Å². The topological polar surface area (TPSA) is 68.2 Å². The van der Waals surface area contributed by atoms with Crippen molar-refractivity contribution >= 4 is 11.3 Å². The Labute approximate surface area is 100 Å². The molecule has 3 heterocycles. The molecule has 0 spiro atoms. The lowest BCUT2D eigenvalue weighted by atomic mass is 9.93. The van der Waals surface area contributed by atoms with Crippen molar-refractivity contribution in [1.29, 1.82) is 0 Å². The molecule has 2 aromatic heterocycles. The summed E-state index contributed by atoms with van der Waals surface area (Å²) in [6, 6.07) is 2.14. The highest BCUT2D eigenvalue weighted by Crippen LogP contribution is 2.31. The van der Waals surface area contributed by atoms with E-state index in [9.17, 15) is 0 Å². The highest BCUT2D eigenvalue weighted by Gasteiger charge is 2.19. The minimum Gasteiger partial charge on any atom is -0.382 e. The van der Waals surface area contributed by atoms with Gasteiger partial charge in [-0.25, -0.2) is 9.50 Å². The van der Waals surface area contributed by atoms with Gasteiger partial charge in [-0.3, -0.25) is 0 Å². The molecule has 1 aliphatic heterocycles. The first kappa shape index (κ1) is 10.5. The van der Waals surface area contributed by atoms with Crippen molar-refractivity contribution in [3.8, 4) is 0 Å². The van der Waals surface area contributed by atoms with E-state index in [1.807, 2.05) is 10.7 Å². The summed E-state index contributed by atoms with van der Waals surface area (Å²) >= 11 is 0. The van der Waals surface area contributed by atoms with Gasteiger partial charge in [0.2, 0.25) is 0 Å². The van der Waals surface area contributed by atoms with Gasteiger partial charge in [0.1, 0.15) is 11.8 Å². The van der Waals surface area contributed by atoms with Gasteiger partial charge < -0.3 is 11.1 Å². The lowest BCUT2D eigenvalue weighted by Gasteiger charge is -2.13. The fraction of sp³-hybridized carbons (Fsp3) is 0.500. The third kappa shape index (κ3) is 1.86. The maximum atomic E-state index is 5.96. The zero-order chi connectivity index (χ0) is 11.7. The van der Waals surface area contributed by atoms with Crippen LogP contribution in [0.15, 0.2) is 18.6 Å². The van der Waals surface area contributed by atoms with Crippen LogP contribution in [0.3, 0.4) is 0 Å². The highest BCUT2D eigenvalue weighted by molar-refractivity contribution is 5.70. The molecule has 0 aliphatic carbocycles. The zero-order valence-electron chi connectivity index (χ0n) is 9.76. The summed E-state index contributed by atoms with van der Waals surface area (Å²) in [5, 5.41) is 7.62. The number of aromatic nitrogens is 3. The Morgan fingerprint density at radius 3 is 3.24 bits per heavy atom. The van der Waals surface area contributed by atoms with Gasteiger partial charge in [0, 0.05) is 6.20 Å². The summed E-state index contributed by atoms with van der Waals surface area (Å²) in [5.74, 6) is 1.15. The number of nitrogens with two attached hydrogens (primary N) is 1. The van der Waals surface area contributed by atoms with Crippen molar-refractivity contribution in [2.75, 3.05) is 18.8 Å². The molecular weight excluding hydrogens is 214 g/mol. The first-order chi connectivity index (χ1) is 8.36. The molecule has 1 aliphatic rings. The standard InChI is InChI=1S/C12H17N5/c13-12-11-10(4-7-17(11)16-8-15-12)9-2-1-5-14-6-3-9/h4,7-9,14H,1-3,5-6H2,(H2,13,15,16). The summed E-state index contributed by atoms with van der Waals surface area (Å²) in [5.41, 5.74) is 8.24. The average Bonchev–Trinajstić information content (AvgIpc) is 2.59. The number of rotatable bonds is 1. The second-order valence-corrected chi connectivity index (χ2v) is 4.59. The Kier molecular flexibility index (Phi) is 2.68. The van der Waals surface area contributed by atoms with Crippen molar-refractivity contribution in [2.45, 2.75) is 25.2 Å². The minimum atomic E-state index is 0.572. The maximum Gasteiger partial charge on any atom is 0.151 e. The van der Waals surface area contributed by atoms with E-state index in [4.69, 9.17) is 5.73 Å². The van der Waals surface area contributed by atoms with E-state index in [1.54, 1.807) is 0 Å². The summed E-state index contributed by atoms with van der Waals surface area (Å²) < 4.78 is 1.83. The largest absolute Gasteiger partial charge is 0.382 e. The number of anilines is 1. The molecule has 90 valence electrons. The fourth-order valence-electron chi connectivity index (χ4n) is 2.66. The van der Waals surface area contributed by atoms with E-state index in [2.05, 4.69) is 21.5 Å². The Hall–Kier alpha value is -1.62. The van der Waals surface area contributed by atoms with Crippen LogP contribution >= 0.6 is 0 Å². The Morgan fingerprint density at radius 2 is 2.29 bits per heavy atom. The van der Waals surface area contributed by atoms with E-state index in [1.165, 1.54) is 24.7 Å². The van der Waals surface area contributed by atoms with E-state index in [0.717, 1.165) is 25.0 Å².